The average Bonchev–Trinajstić information content (AvgIpc) is 2.72. The van der Waals surface area contributed by atoms with Gasteiger partial charge in [0.05, 0.1) is 11.1 Å². The van der Waals surface area contributed by atoms with Crippen molar-refractivity contribution in [3.8, 4) is 0 Å². The summed E-state index contributed by atoms with van der Waals surface area (Å²) in [6.45, 7) is 4.12. The van der Waals surface area contributed by atoms with Gasteiger partial charge in [-0.1, -0.05) is 26.2 Å². The second-order valence-electron chi connectivity index (χ2n) is 5.80. The summed E-state index contributed by atoms with van der Waals surface area (Å²) in [4.78, 5) is 37.1. The van der Waals surface area contributed by atoms with Crippen molar-refractivity contribution in [2.75, 3.05) is 7.05 Å². The van der Waals surface area contributed by atoms with Crippen molar-refractivity contribution in [1.29, 1.82) is 0 Å². The Bertz CT molecular complexity index is 610. The molecule has 0 spiro atoms. The van der Waals surface area contributed by atoms with E-state index < -0.39 is 0 Å². The van der Waals surface area contributed by atoms with Crippen LogP contribution in [-0.2, 0) is 0 Å². The standard InChI is InChI=1S/C17H22N2O3/c1-4-5-6-7-11(2)18-15(20)12-8-9-13-14(10-12)17(22)19(3)16(13)21/h8-11H,4-7H2,1-3H3,(H,18,20). The van der Waals surface area contributed by atoms with Crippen LogP contribution in [0.25, 0.3) is 0 Å². The Balaban J connectivity index is 2.06. The van der Waals surface area contributed by atoms with Gasteiger partial charge in [0.25, 0.3) is 17.7 Å². The molecule has 0 saturated carbocycles. The maximum absolute atomic E-state index is 12.2. The Hall–Kier alpha value is -2.17. The molecule has 0 fully saturated rings. The third-order valence-electron chi connectivity index (χ3n) is 3.97. The number of hydrogen-bond acceptors (Lipinski definition) is 3. The van der Waals surface area contributed by atoms with Crippen molar-refractivity contribution in [1.82, 2.24) is 10.2 Å². The first kappa shape index (κ1) is 16.2. The summed E-state index contributed by atoms with van der Waals surface area (Å²) in [5.74, 6) is -0.882. The minimum Gasteiger partial charge on any atom is -0.350 e. The predicted octanol–water partition coefficient (Wildman–Crippen LogP) is 2.61. The quantitative estimate of drug-likeness (QED) is 0.649. The molecule has 0 aromatic heterocycles. The van der Waals surface area contributed by atoms with Crippen molar-refractivity contribution in [2.24, 2.45) is 0 Å². The molecule has 1 heterocycles. The largest absolute Gasteiger partial charge is 0.350 e. The summed E-state index contributed by atoms with van der Waals surface area (Å²) in [7, 11) is 1.44. The molecular weight excluding hydrogens is 280 g/mol. The van der Waals surface area contributed by atoms with Crippen LogP contribution in [0.5, 0.6) is 0 Å². The fourth-order valence-corrected chi connectivity index (χ4v) is 2.58. The lowest BCUT2D eigenvalue weighted by atomic mass is 10.0. The van der Waals surface area contributed by atoms with E-state index in [4.69, 9.17) is 0 Å². The van der Waals surface area contributed by atoms with E-state index in [9.17, 15) is 14.4 Å². The van der Waals surface area contributed by atoms with Crippen LogP contribution in [0.15, 0.2) is 18.2 Å². The lowest BCUT2D eigenvalue weighted by Crippen LogP contribution is -2.32. The number of amides is 3. The number of unbranched alkanes of at least 4 members (excludes halogenated alkanes) is 2. The number of hydrogen-bond donors (Lipinski definition) is 1. The van der Waals surface area contributed by atoms with E-state index in [1.165, 1.54) is 13.1 Å². The van der Waals surface area contributed by atoms with Gasteiger partial charge < -0.3 is 5.32 Å². The van der Waals surface area contributed by atoms with E-state index >= 15 is 0 Å². The van der Waals surface area contributed by atoms with E-state index in [1.54, 1.807) is 12.1 Å². The summed E-state index contributed by atoms with van der Waals surface area (Å²) in [5.41, 5.74) is 1.08. The SMILES string of the molecule is CCCCCC(C)NC(=O)c1ccc2c(c1)C(=O)N(C)C2=O. The first-order valence-corrected chi connectivity index (χ1v) is 7.73. The third-order valence-corrected chi connectivity index (χ3v) is 3.97. The molecule has 0 aliphatic carbocycles. The van der Waals surface area contributed by atoms with Crippen LogP contribution >= 0.6 is 0 Å². The smallest absolute Gasteiger partial charge is 0.261 e. The third kappa shape index (κ3) is 3.18. The van der Waals surface area contributed by atoms with E-state index in [0.717, 1.165) is 30.6 Å². The molecule has 1 aromatic rings. The summed E-state index contributed by atoms with van der Waals surface area (Å²) >= 11 is 0. The van der Waals surface area contributed by atoms with Gasteiger partial charge >= 0.3 is 0 Å². The fraction of sp³-hybridized carbons (Fsp3) is 0.471. The normalized spacial score (nSPS) is 15.0. The van der Waals surface area contributed by atoms with Crippen LogP contribution in [-0.4, -0.2) is 35.7 Å². The Morgan fingerprint density at radius 3 is 2.55 bits per heavy atom. The molecule has 118 valence electrons. The number of imide groups is 1. The zero-order chi connectivity index (χ0) is 16.3. The molecule has 0 radical (unpaired) electrons. The Morgan fingerprint density at radius 2 is 1.86 bits per heavy atom. The van der Waals surface area contributed by atoms with Crippen molar-refractivity contribution in [3.63, 3.8) is 0 Å². The maximum Gasteiger partial charge on any atom is 0.261 e. The van der Waals surface area contributed by atoms with Gasteiger partial charge in [0, 0.05) is 18.7 Å². The van der Waals surface area contributed by atoms with E-state index in [-0.39, 0.29) is 23.8 Å². The minimum atomic E-state index is -0.356. The summed E-state index contributed by atoms with van der Waals surface area (Å²) in [5, 5.41) is 2.93. The number of nitrogens with one attached hydrogen (secondary N) is 1. The van der Waals surface area contributed by atoms with Gasteiger partial charge in [-0.2, -0.15) is 0 Å². The highest BCUT2D eigenvalue weighted by Gasteiger charge is 2.33. The van der Waals surface area contributed by atoms with Crippen molar-refractivity contribution in [2.45, 2.75) is 45.6 Å². The summed E-state index contributed by atoms with van der Waals surface area (Å²) in [6.07, 6.45) is 4.32. The van der Waals surface area contributed by atoms with Gasteiger partial charge in [0.1, 0.15) is 0 Å². The molecule has 1 aliphatic rings. The van der Waals surface area contributed by atoms with E-state index in [1.807, 2.05) is 6.92 Å². The highest BCUT2D eigenvalue weighted by molar-refractivity contribution is 6.21. The number of carbonyl (C=O) groups is 3. The molecule has 0 bridgehead atoms. The van der Waals surface area contributed by atoms with Crippen molar-refractivity contribution < 1.29 is 14.4 Å². The Labute approximate surface area is 130 Å². The highest BCUT2D eigenvalue weighted by atomic mass is 16.2. The maximum atomic E-state index is 12.2. The summed E-state index contributed by atoms with van der Waals surface area (Å²) in [6, 6.07) is 4.74. The second-order valence-corrected chi connectivity index (χ2v) is 5.80. The fourth-order valence-electron chi connectivity index (χ4n) is 2.58. The van der Waals surface area contributed by atoms with Gasteiger partial charge in [-0.3, -0.25) is 19.3 Å². The molecular formula is C17H22N2O3. The van der Waals surface area contributed by atoms with Crippen LogP contribution in [0.3, 0.4) is 0 Å². The lowest BCUT2D eigenvalue weighted by Gasteiger charge is -2.13. The molecule has 1 atom stereocenters. The van der Waals surface area contributed by atoms with Gasteiger partial charge in [0.2, 0.25) is 0 Å². The Morgan fingerprint density at radius 1 is 1.18 bits per heavy atom. The molecule has 1 aromatic carbocycles. The molecule has 22 heavy (non-hydrogen) atoms. The minimum absolute atomic E-state index is 0.0901. The monoisotopic (exact) mass is 302 g/mol. The van der Waals surface area contributed by atoms with Crippen molar-refractivity contribution in [3.05, 3.63) is 34.9 Å². The van der Waals surface area contributed by atoms with Crippen LogP contribution in [0.1, 0.15) is 70.6 Å². The predicted molar refractivity (Wildman–Crippen MR) is 83.9 cm³/mol. The van der Waals surface area contributed by atoms with Gasteiger partial charge in [-0.05, 0) is 31.5 Å². The molecule has 5 heteroatoms. The highest BCUT2D eigenvalue weighted by Crippen LogP contribution is 2.22. The molecule has 3 amide bonds. The summed E-state index contributed by atoms with van der Waals surface area (Å²) < 4.78 is 0. The number of nitrogens with zero attached hydrogens (tertiary/aromatic N) is 1. The number of carbonyl (C=O) groups excluding carboxylic acids is 3. The molecule has 1 aliphatic heterocycles. The number of fused-ring (bicyclic) bond motifs is 1. The van der Waals surface area contributed by atoms with E-state index in [2.05, 4.69) is 12.2 Å². The number of benzene rings is 1. The lowest BCUT2D eigenvalue weighted by molar-refractivity contribution is 0.0693. The Kier molecular flexibility index (Phi) is 4.96. The first-order chi connectivity index (χ1) is 10.5. The zero-order valence-electron chi connectivity index (χ0n) is 13.3. The number of rotatable bonds is 6. The molecule has 2 rings (SSSR count). The van der Waals surface area contributed by atoms with Crippen LogP contribution in [0.2, 0.25) is 0 Å². The van der Waals surface area contributed by atoms with Gasteiger partial charge in [-0.25, -0.2) is 0 Å². The molecule has 5 nitrogen and oxygen atoms in total. The molecule has 1 N–H and O–H groups in total. The van der Waals surface area contributed by atoms with Gasteiger partial charge in [0.15, 0.2) is 0 Å². The van der Waals surface area contributed by atoms with Crippen LogP contribution < -0.4 is 5.32 Å². The van der Waals surface area contributed by atoms with Crippen LogP contribution in [0.4, 0.5) is 0 Å². The molecule has 0 saturated heterocycles. The topological polar surface area (TPSA) is 66.5 Å². The van der Waals surface area contributed by atoms with E-state index in [0.29, 0.717) is 16.7 Å². The zero-order valence-corrected chi connectivity index (χ0v) is 13.3. The van der Waals surface area contributed by atoms with Gasteiger partial charge in [-0.15, -0.1) is 0 Å². The second kappa shape index (κ2) is 6.73. The van der Waals surface area contributed by atoms with Crippen LogP contribution in [0, 0.1) is 0 Å². The average molecular weight is 302 g/mol. The van der Waals surface area contributed by atoms with Crippen molar-refractivity contribution >= 4 is 17.7 Å². The first-order valence-electron chi connectivity index (χ1n) is 7.73. The molecule has 1 unspecified atom stereocenters.